The topological polar surface area (TPSA) is 55.4 Å². The van der Waals surface area contributed by atoms with Crippen LogP contribution in [-0.2, 0) is 20.7 Å². The maximum atomic E-state index is 14.5. The fourth-order valence-corrected chi connectivity index (χ4v) is 7.32. The maximum absolute atomic E-state index is 14.5. The summed E-state index contributed by atoms with van der Waals surface area (Å²) in [4.78, 5) is 27.9. The lowest BCUT2D eigenvalue weighted by Crippen LogP contribution is -2.48. The molecule has 4 heteroatoms. The molecule has 4 rings (SSSR count). The minimum Gasteiger partial charge on any atom is -0.355 e. The number of amides is 1. The molecule has 1 aliphatic heterocycles. The molecule has 1 saturated carbocycles. The number of ketones is 1. The highest BCUT2D eigenvalue weighted by Crippen LogP contribution is 2.56. The minimum absolute atomic E-state index is 0.0192. The van der Waals surface area contributed by atoms with E-state index in [4.69, 9.17) is 4.74 Å². The lowest BCUT2D eigenvalue weighted by Gasteiger charge is -2.52. The second-order valence-electron chi connectivity index (χ2n) is 11.9. The zero-order chi connectivity index (χ0) is 27.0. The van der Waals surface area contributed by atoms with E-state index >= 15 is 0 Å². The second-order valence-corrected chi connectivity index (χ2v) is 11.9. The van der Waals surface area contributed by atoms with Crippen LogP contribution >= 0.6 is 0 Å². The van der Waals surface area contributed by atoms with Gasteiger partial charge in [0.15, 0.2) is 11.5 Å². The standard InChI is InChI=1S/C33H43NO3/c1-8-21(2)16-23(4)28-24(5)18-32(6)17-22(3)14-15-27(32)29(28)30(35)26-20-33(37-7,34-31(26)36)19-25-12-10-9-11-13-25/h8-13,16,18,20,22,27-29H,14-15,17,19H2,1-7H3,(H,34,36)/b21-8+,23-16+/t22-,27+,28-,29+,32+,33?/m1/s1. The average molecular weight is 502 g/mol. The van der Waals surface area contributed by atoms with Gasteiger partial charge in [0.25, 0.3) is 5.91 Å². The van der Waals surface area contributed by atoms with Crippen LogP contribution in [-0.4, -0.2) is 24.5 Å². The fraction of sp³-hybridized carbons (Fsp3) is 0.515. The Hall–Kier alpha value is -2.72. The normalized spacial score (nSPS) is 34.4. The first-order chi connectivity index (χ1) is 17.5. The molecule has 1 aromatic carbocycles. The summed E-state index contributed by atoms with van der Waals surface area (Å²) in [5.74, 6) is 0.156. The Morgan fingerprint density at radius 2 is 1.86 bits per heavy atom. The number of allylic oxidation sites excluding steroid dienone is 6. The average Bonchev–Trinajstić information content (AvgIpc) is 3.18. The quantitative estimate of drug-likeness (QED) is 0.256. The number of carbonyl (C=O) groups excluding carboxylic acids is 2. The van der Waals surface area contributed by atoms with Gasteiger partial charge in [-0.15, -0.1) is 0 Å². The molecule has 2 aliphatic carbocycles. The monoisotopic (exact) mass is 501 g/mol. The molecule has 1 N–H and O–H groups in total. The Kier molecular flexibility index (Phi) is 7.80. The number of fused-ring (bicyclic) bond motifs is 1. The molecule has 0 radical (unpaired) electrons. The molecule has 0 bridgehead atoms. The first-order valence-electron chi connectivity index (χ1n) is 13.7. The molecule has 1 fully saturated rings. The zero-order valence-electron chi connectivity index (χ0n) is 23.6. The lowest BCUT2D eigenvalue weighted by atomic mass is 9.52. The largest absolute Gasteiger partial charge is 0.355 e. The predicted molar refractivity (Wildman–Crippen MR) is 150 cm³/mol. The minimum atomic E-state index is -1.02. The Balaban J connectivity index is 1.78. The van der Waals surface area contributed by atoms with E-state index in [-0.39, 0.29) is 40.4 Å². The molecule has 198 valence electrons. The third-order valence-electron chi connectivity index (χ3n) is 9.04. The molecule has 6 atom stereocenters. The summed E-state index contributed by atoms with van der Waals surface area (Å²) in [5.41, 5.74) is 3.83. The Bertz CT molecular complexity index is 1170. The molecule has 0 saturated heterocycles. The van der Waals surface area contributed by atoms with E-state index < -0.39 is 5.72 Å². The van der Waals surface area contributed by atoms with Crippen LogP contribution < -0.4 is 5.32 Å². The van der Waals surface area contributed by atoms with Crippen molar-refractivity contribution in [3.05, 3.63) is 82.5 Å². The molecule has 1 heterocycles. The molecule has 37 heavy (non-hydrogen) atoms. The van der Waals surface area contributed by atoms with Gasteiger partial charge in [0, 0.05) is 25.4 Å². The number of Topliss-reactive ketones (excluding diaryl/α,β-unsaturated/α-hetero) is 1. The summed E-state index contributed by atoms with van der Waals surface area (Å²) in [6.07, 6.45) is 12.2. The number of hydrogen-bond acceptors (Lipinski definition) is 3. The van der Waals surface area contributed by atoms with Crippen molar-refractivity contribution in [1.29, 1.82) is 0 Å². The number of methoxy groups -OCH3 is 1. The molecule has 4 nitrogen and oxygen atoms in total. The van der Waals surface area contributed by atoms with Gasteiger partial charge < -0.3 is 10.1 Å². The summed E-state index contributed by atoms with van der Waals surface area (Å²) in [6, 6.07) is 9.93. The van der Waals surface area contributed by atoms with Crippen LogP contribution in [0.5, 0.6) is 0 Å². The van der Waals surface area contributed by atoms with Crippen molar-refractivity contribution >= 4 is 11.7 Å². The third-order valence-corrected chi connectivity index (χ3v) is 9.04. The molecular weight excluding hydrogens is 458 g/mol. The molecule has 0 aromatic heterocycles. The summed E-state index contributed by atoms with van der Waals surface area (Å²) in [5, 5.41) is 3.01. The van der Waals surface area contributed by atoms with Gasteiger partial charge in [0.1, 0.15) is 0 Å². The van der Waals surface area contributed by atoms with Crippen molar-refractivity contribution in [2.75, 3.05) is 7.11 Å². The van der Waals surface area contributed by atoms with E-state index in [1.165, 1.54) is 16.7 Å². The van der Waals surface area contributed by atoms with Crippen LogP contribution in [0.2, 0.25) is 0 Å². The smallest absolute Gasteiger partial charge is 0.257 e. The lowest BCUT2D eigenvalue weighted by molar-refractivity contribution is -0.129. The number of hydrogen-bond donors (Lipinski definition) is 1. The van der Waals surface area contributed by atoms with E-state index in [0.29, 0.717) is 12.3 Å². The van der Waals surface area contributed by atoms with Gasteiger partial charge in [0.05, 0.1) is 5.57 Å². The first kappa shape index (κ1) is 27.3. The van der Waals surface area contributed by atoms with Crippen molar-refractivity contribution in [2.45, 2.75) is 73.0 Å². The van der Waals surface area contributed by atoms with Crippen LogP contribution in [0.3, 0.4) is 0 Å². The number of rotatable bonds is 7. The van der Waals surface area contributed by atoms with E-state index in [1.54, 1.807) is 13.2 Å². The highest BCUT2D eigenvalue weighted by molar-refractivity contribution is 6.22. The summed E-state index contributed by atoms with van der Waals surface area (Å²) >= 11 is 0. The Morgan fingerprint density at radius 1 is 1.16 bits per heavy atom. The molecule has 1 aromatic rings. The third kappa shape index (κ3) is 5.31. The molecule has 3 aliphatic rings. The van der Waals surface area contributed by atoms with Gasteiger partial charge >= 0.3 is 0 Å². The highest BCUT2D eigenvalue weighted by Gasteiger charge is 2.53. The fourth-order valence-electron chi connectivity index (χ4n) is 7.32. The van der Waals surface area contributed by atoms with Crippen LogP contribution in [0.4, 0.5) is 0 Å². The van der Waals surface area contributed by atoms with Crippen LogP contribution in [0.15, 0.2) is 76.9 Å². The number of nitrogens with one attached hydrogen (secondary N) is 1. The van der Waals surface area contributed by atoms with Gasteiger partial charge in [0.2, 0.25) is 0 Å². The Morgan fingerprint density at radius 3 is 2.51 bits per heavy atom. The summed E-state index contributed by atoms with van der Waals surface area (Å²) in [7, 11) is 1.59. The molecule has 0 spiro atoms. The van der Waals surface area contributed by atoms with Crippen molar-refractivity contribution in [2.24, 2.45) is 29.1 Å². The van der Waals surface area contributed by atoms with Crippen molar-refractivity contribution in [1.82, 2.24) is 5.32 Å². The summed E-state index contributed by atoms with van der Waals surface area (Å²) in [6.45, 7) is 13.1. The number of ether oxygens (including phenoxy) is 1. The predicted octanol–water partition coefficient (Wildman–Crippen LogP) is 6.74. The van der Waals surface area contributed by atoms with Gasteiger partial charge in [-0.2, -0.15) is 0 Å². The van der Waals surface area contributed by atoms with Crippen molar-refractivity contribution in [3.8, 4) is 0 Å². The van der Waals surface area contributed by atoms with Gasteiger partial charge in [-0.1, -0.05) is 85.5 Å². The van der Waals surface area contributed by atoms with Crippen LogP contribution in [0.1, 0.15) is 66.4 Å². The Labute approximate surface area is 222 Å². The first-order valence-corrected chi connectivity index (χ1v) is 13.7. The number of benzene rings is 1. The highest BCUT2D eigenvalue weighted by atomic mass is 16.5. The van der Waals surface area contributed by atoms with Crippen molar-refractivity contribution in [3.63, 3.8) is 0 Å². The van der Waals surface area contributed by atoms with Crippen molar-refractivity contribution < 1.29 is 14.3 Å². The zero-order valence-corrected chi connectivity index (χ0v) is 23.6. The SMILES string of the molecule is C/C=C(C)/C=C(\C)[C@@H]1C(C)=C[C@]2(C)C[C@H](C)CC[C@H]2[C@@H]1C(=O)C1=CC(Cc2ccccc2)(OC)NC1=O. The van der Waals surface area contributed by atoms with Gasteiger partial charge in [-0.05, 0) is 69.4 Å². The van der Waals surface area contributed by atoms with E-state index in [0.717, 1.165) is 24.8 Å². The number of carbonyl (C=O) groups is 2. The van der Waals surface area contributed by atoms with E-state index in [1.807, 2.05) is 37.3 Å². The van der Waals surface area contributed by atoms with Gasteiger partial charge in [-0.3, -0.25) is 9.59 Å². The molecular formula is C33H43NO3. The van der Waals surface area contributed by atoms with Crippen LogP contribution in [0, 0.1) is 29.1 Å². The molecule has 1 amide bonds. The van der Waals surface area contributed by atoms with E-state index in [9.17, 15) is 9.59 Å². The second kappa shape index (κ2) is 10.6. The van der Waals surface area contributed by atoms with Crippen LogP contribution in [0.25, 0.3) is 0 Å². The van der Waals surface area contributed by atoms with Gasteiger partial charge in [-0.25, -0.2) is 0 Å². The summed E-state index contributed by atoms with van der Waals surface area (Å²) < 4.78 is 5.85. The maximum Gasteiger partial charge on any atom is 0.257 e. The molecule has 1 unspecified atom stereocenters. The van der Waals surface area contributed by atoms with E-state index in [2.05, 4.69) is 58.2 Å².